The van der Waals surface area contributed by atoms with Gasteiger partial charge in [-0.15, -0.1) is 0 Å². The highest BCUT2D eigenvalue weighted by Gasteiger charge is 2.34. The van der Waals surface area contributed by atoms with E-state index in [1.807, 2.05) is 18.2 Å². The summed E-state index contributed by atoms with van der Waals surface area (Å²) >= 11 is 11.8. The zero-order valence-electron chi connectivity index (χ0n) is 12.8. The van der Waals surface area contributed by atoms with Gasteiger partial charge in [0.05, 0.1) is 5.92 Å². The van der Waals surface area contributed by atoms with Gasteiger partial charge in [0.2, 0.25) is 11.8 Å². The second-order valence-corrected chi connectivity index (χ2v) is 6.60. The van der Waals surface area contributed by atoms with Gasteiger partial charge < -0.3 is 10.2 Å². The largest absolute Gasteiger partial charge is 0.352 e. The number of carbonyl (C=O) groups is 2. The van der Waals surface area contributed by atoms with Crippen molar-refractivity contribution in [2.24, 2.45) is 5.92 Å². The summed E-state index contributed by atoms with van der Waals surface area (Å²) in [5.41, 5.74) is 1.68. The van der Waals surface area contributed by atoms with Crippen molar-refractivity contribution in [2.45, 2.75) is 13.0 Å². The SMILES string of the molecule is O=C(NCc1cccc(Cl)c1)[C@@H]1CC(=O)N(c2ccc(Cl)cc2)C1. The van der Waals surface area contributed by atoms with Crippen LogP contribution in [0.15, 0.2) is 48.5 Å². The number of hydrogen-bond donors (Lipinski definition) is 1. The minimum atomic E-state index is -0.354. The summed E-state index contributed by atoms with van der Waals surface area (Å²) in [5.74, 6) is -0.535. The third-order valence-corrected chi connectivity index (χ3v) is 4.48. The Labute approximate surface area is 150 Å². The number of benzene rings is 2. The first kappa shape index (κ1) is 16.8. The number of nitrogens with one attached hydrogen (secondary N) is 1. The molecule has 4 nitrogen and oxygen atoms in total. The van der Waals surface area contributed by atoms with Crippen molar-refractivity contribution in [2.75, 3.05) is 11.4 Å². The van der Waals surface area contributed by atoms with Crippen LogP contribution in [0, 0.1) is 5.92 Å². The van der Waals surface area contributed by atoms with E-state index in [9.17, 15) is 9.59 Å². The first-order valence-corrected chi connectivity index (χ1v) is 8.36. The number of anilines is 1. The molecule has 2 amide bonds. The van der Waals surface area contributed by atoms with Crippen molar-refractivity contribution in [1.82, 2.24) is 5.32 Å². The summed E-state index contributed by atoms with van der Waals surface area (Å²) in [6.45, 7) is 0.771. The molecule has 0 bridgehead atoms. The van der Waals surface area contributed by atoms with E-state index in [2.05, 4.69) is 5.32 Å². The Balaban J connectivity index is 1.60. The van der Waals surface area contributed by atoms with Gasteiger partial charge in [0, 0.05) is 35.2 Å². The van der Waals surface area contributed by atoms with Crippen LogP contribution in [-0.2, 0) is 16.1 Å². The van der Waals surface area contributed by atoms with Crippen LogP contribution in [0.25, 0.3) is 0 Å². The highest BCUT2D eigenvalue weighted by Crippen LogP contribution is 2.26. The molecule has 1 aliphatic heterocycles. The van der Waals surface area contributed by atoms with Crippen molar-refractivity contribution in [3.8, 4) is 0 Å². The first-order valence-electron chi connectivity index (χ1n) is 7.61. The van der Waals surface area contributed by atoms with Crippen LogP contribution in [-0.4, -0.2) is 18.4 Å². The number of rotatable bonds is 4. The predicted molar refractivity (Wildman–Crippen MR) is 95.2 cm³/mol. The number of carbonyl (C=O) groups excluding carboxylic acids is 2. The fourth-order valence-corrected chi connectivity index (χ4v) is 3.07. The smallest absolute Gasteiger partial charge is 0.227 e. The van der Waals surface area contributed by atoms with Crippen LogP contribution < -0.4 is 10.2 Å². The summed E-state index contributed by atoms with van der Waals surface area (Å²) < 4.78 is 0. The molecule has 1 fully saturated rings. The maximum Gasteiger partial charge on any atom is 0.227 e. The predicted octanol–water partition coefficient (Wildman–Crippen LogP) is 3.66. The minimum absolute atomic E-state index is 0.0553. The standard InChI is InChI=1S/C18H16Cl2N2O2/c19-14-4-6-16(7-5-14)22-11-13(9-17(22)23)18(24)21-10-12-2-1-3-15(20)8-12/h1-8,13H,9-11H2,(H,21,24)/t13-/m1/s1. The molecule has 0 aromatic heterocycles. The third kappa shape index (κ3) is 3.89. The third-order valence-electron chi connectivity index (χ3n) is 3.99. The molecule has 1 aliphatic rings. The Hall–Kier alpha value is -2.04. The monoisotopic (exact) mass is 362 g/mol. The van der Waals surface area contributed by atoms with Crippen molar-refractivity contribution in [1.29, 1.82) is 0 Å². The van der Waals surface area contributed by atoms with E-state index in [-0.39, 0.29) is 24.2 Å². The Kier molecular flexibility index (Phi) is 5.07. The molecule has 0 unspecified atom stereocenters. The van der Waals surface area contributed by atoms with Crippen molar-refractivity contribution < 1.29 is 9.59 Å². The fraction of sp³-hybridized carbons (Fsp3) is 0.222. The zero-order valence-corrected chi connectivity index (χ0v) is 14.3. The Morgan fingerprint density at radius 2 is 1.88 bits per heavy atom. The molecule has 0 aliphatic carbocycles. The second-order valence-electron chi connectivity index (χ2n) is 5.73. The lowest BCUT2D eigenvalue weighted by Gasteiger charge is -2.16. The number of hydrogen-bond acceptors (Lipinski definition) is 2. The lowest BCUT2D eigenvalue weighted by molar-refractivity contribution is -0.126. The average molecular weight is 363 g/mol. The minimum Gasteiger partial charge on any atom is -0.352 e. The molecule has 0 spiro atoms. The molecule has 3 rings (SSSR count). The Bertz CT molecular complexity index is 762. The summed E-state index contributed by atoms with van der Waals surface area (Å²) in [6, 6.07) is 14.4. The van der Waals surface area contributed by atoms with Crippen LogP contribution in [0.5, 0.6) is 0 Å². The lowest BCUT2D eigenvalue weighted by Crippen LogP contribution is -2.32. The van der Waals surface area contributed by atoms with Gasteiger partial charge >= 0.3 is 0 Å². The van der Waals surface area contributed by atoms with E-state index < -0.39 is 0 Å². The zero-order chi connectivity index (χ0) is 17.1. The normalized spacial score (nSPS) is 17.2. The topological polar surface area (TPSA) is 49.4 Å². The van der Waals surface area contributed by atoms with Crippen LogP contribution in [0.4, 0.5) is 5.69 Å². The molecule has 2 aromatic carbocycles. The molecule has 6 heteroatoms. The van der Waals surface area contributed by atoms with Gasteiger partial charge in [-0.1, -0.05) is 35.3 Å². The highest BCUT2D eigenvalue weighted by atomic mass is 35.5. The van der Waals surface area contributed by atoms with Gasteiger partial charge in [0.1, 0.15) is 0 Å². The van der Waals surface area contributed by atoms with Crippen LogP contribution in [0.1, 0.15) is 12.0 Å². The second kappa shape index (κ2) is 7.24. The van der Waals surface area contributed by atoms with E-state index in [1.54, 1.807) is 35.2 Å². The quantitative estimate of drug-likeness (QED) is 0.901. The molecule has 1 heterocycles. The van der Waals surface area contributed by atoms with Crippen LogP contribution in [0.2, 0.25) is 10.0 Å². The van der Waals surface area contributed by atoms with E-state index in [0.717, 1.165) is 11.3 Å². The van der Waals surface area contributed by atoms with Crippen LogP contribution >= 0.6 is 23.2 Å². The number of amides is 2. The van der Waals surface area contributed by atoms with E-state index >= 15 is 0 Å². The average Bonchev–Trinajstić information content (AvgIpc) is 2.95. The van der Waals surface area contributed by atoms with Gasteiger partial charge in [-0.05, 0) is 42.0 Å². The van der Waals surface area contributed by atoms with Gasteiger partial charge in [0.25, 0.3) is 0 Å². The van der Waals surface area contributed by atoms with Gasteiger partial charge in [-0.2, -0.15) is 0 Å². The summed E-state index contributed by atoms with van der Waals surface area (Å²) in [4.78, 5) is 26.1. The molecule has 0 radical (unpaired) electrons. The summed E-state index contributed by atoms with van der Waals surface area (Å²) in [5, 5.41) is 4.12. The van der Waals surface area contributed by atoms with Gasteiger partial charge in [-0.3, -0.25) is 9.59 Å². The van der Waals surface area contributed by atoms with Gasteiger partial charge in [0.15, 0.2) is 0 Å². The molecule has 1 saturated heterocycles. The van der Waals surface area contributed by atoms with Crippen LogP contribution in [0.3, 0.4) is 0 Å². The maximum atomic E-state index is 12.3. The molecule has 1 atom stereocenters. The molecule has 124 valence electrons. The van der Waals surface area contributed by atoms with Crippen molar-refractivity contribution >= 4 is 40.7 Å². The maximum absolute atomic E-state index is 12.3. The summed E-state index contributed by atoms with van der Waals surface area (Å²) in [7, 11) is 0. The van der Waals surface area contributed by atoms with Crippen molar-refractivity contribution in [3.63, 3.8) is 0 Å². The Morgan fingerprint density at radius 1 is 1.12 bits per heavy atom. The fourth-order valence-electron chi connectivity index (χ4n) is 2.73. The Morgan fingerprint density at radius 3 is 2.58 bits per heavy atom. The summed E-state index contributed by atoms with van der Waals surface area (Å²) in [6.07, 6.45) is 0.212. The molecular weight excluding hydrogens is 347 g/mol. The van der Waals surface area contributed by atoms with E-state index in [1.165, 1.54) is 0 Å². The first-order chi connectivity index (χ1) is 11.5. The van der Waals surface area contributed by atoms with E-state index in [4.69, 9.17) is 23.2 Å². The number of halogens is 2. The molecule has 0 saturated carbocycles. The lowest BCUT2D eigenvalue weighted by atomic mass is 10.1. The van der Waals surface area contributed by atoms with Crippen molar-refractivity contribution in [3.05, 3.63) is 64.1 Å². The van der Waals surface area contributed by atoms with E-state index in [0.29, 0.717) is 23.1 Å². The molecule has 1 N–H and O–H groups in total. The van der Waals surface area contributed by atoms with Gasteiger partial charge in [-0.25, -0.2) is 0 Å². The molecule has 24 heavy (non-hydrogen) atoms. The number of nitrogens with zero attached hydrogens (tertiary/aromatic N) is 1. The highest BCUT2D eigenvalue weighted by molar-refractivity contribution is 6.30. The molecular formula is C18H16Cl2N2O2. The molecule has 2 aromatic rings.